The molecule has 18 heavy (non-hydrogen) atoms. The number of morpholine rings is 1. The highest BCUT2D eigenvalue weighted by atomic mass is 16.5. The summed E-state index contributed by atoms with van der Waals surface area (Å²) in [7, 11) is 0. The van der Waals surface area contributed by atoms with Gasteiger partial charge < -0.3 is 14.7 Å². The Bertz CT molecular complexity index is 418. The minimum absolute atomic E-state index is 0.166. The molecule has 4 heteroatoms. The maximum atomic E-state index is 9.63. The van der Waals surface area contributed by atoms with E-state index in [1.807, 2.05) is 12.1 Å². The molecule has 1 fully saturated rings. The first-order valence-corrected chi connectivity index (χ1v) is 6.44. The number of rotatable bonds is 2. The standard InChI is InChI=1S/C14H22N2O2/c1-10-8-16(9-14(3,4)18-10)13-7-12(11(2)17)5-6-15-13/h5-7,10-11,17H,8-9H2,1-4H3. The molecule has 0 saturated carbocycles. The third-order valence-corrected chi connectivity index (χ3v) is 3.15. The Morgan fingerprint density at radius 1 is 1.56 bits per heavy atom. The number of pyridine rings is 1. The van der Waals surface area contributed by atoms with Crippen LogP contribution in [-0.4, -0.2) is 34.9 Å². The lowest BCUT2D eigenvalue weighted by molar-refractivity contribution is -0.0751. The number of aromatic nitrogens is 1. The van der Waals surface area contributed by atoms with Crippen molar-refractivity contribution in [3.8, 4) is 0 Å². The fraction of sp³-hybridized carbons (Fsp3) is 0.643. The number of aliphatic hydroxyl groups is 1. The molecule has 1 saturated heterocycles. The van der Waals surface area contributed by atoms with E-state index in [1.54, 1.807) is 13.1 Å². The zero-order chi connectivity index (χ0) is 13.3. The van der Waals surface area contributed by atoms with Crippen LogP contribution in [0.2, 0.25) is 0 Å². The van der Waals surface area contributed by atoms with Crippen molar-refractivity contribution in [2.45, 2.75) is 45.5 Å². The third kappa shape index (κ3) is 3.00. The molecular weight excluding hydrogens is 228 g/mol. The second kappa shape index (κ2) is 4.86. The average molecular weight is 250 g/mol. The Balaban J connectivity index is 2.23. The van der Waals surface area contributed by atoms with Gasteiger partial charge in [-0.3, -0.25) is 0 Å². The summed E-state index contributed by atoms with van der Waals surface area (Å²) in [6.45, 7) is 9.67. The van der Waals surface area contributed by atoms with Crippen LogP contribution in [0.3, 0.4) is 0 Å². The van der Waals surface area contributed by atoms with Gasteiger partial charge in [0.15, 0.2) is 0 Å². The van der Waals surface area contributed by atoms with Gasteiger partial charge >= 0.3 is 0 Å². The molecule has 2 rings (SSSR count). The van der Waals surface area contributed by atoms with Gasteiger partial charge in [-0.1, -0.05) is 0 Å². The fourth-order valence-corrected chi connectivity index (χ4v) is 2.50. The maximum absolute atomic E-state index is 9.63. The van der Waals surface area contributed by atoms with Crippen molar-refractivity contribution in [2.75, 3.05) is 18.0 Å². The molecule has 1 aromatic rings. The van der Waals surface area contributed by atoms with Crippen LogP contribution in [0.4, 0.5) is 5.82 Å². The van der Waals surface area contributed by atoms with E-state index in [0.717, 1.165) is 24.5 Å². The highest BCUT2D eigenvalue weighted by Crippen LogP contribution is 2.26. The number of hydrogen-bond acceptors (Lipinski definition) is 4. The number of nitrogens with zero attached hydrogens (tertiary/aromatic N) is 2. The van der Waals surface area contributed by atoms with Gasteiger partial charge in [-0.25, -0.2) is 4.98 Å². The zero-order valence-corrected chi connectivity index (χ0v) is 11.6. The molecule has 1 N–H and O–H groups in total. The minimum Gasteiger partial charge on any atom is -0.389 e. The highest BCUT2D eigenvalue weighted by Gasteiger charge is 2.31. The van der Waals surface area contributed by atoms with Gasteiger partial charge in [0, 0.05) is 19.3 Å². The van der Waals surface area contributed by atoms with Gasteiger partial charge in [-0.05, 0) is 45.4 Å². The van der Waals surface area contributed by atoms with Crippen molar-refractivity contribution in [1.29, 1.82) is 0 Å². The molecule has 1 aromatic heterocycles. The number of aliphatic hydroxyl groups excluding tert-OH is 1. The second-order valence-electron chi connectivity index (χ2n) is 5.69. The smallest absolute Gasteiger partial charge is 0.129 e. The van der Waals surface area contributed by atoms with Crippen LogP contribution < -0.4 is 4.90 Å². The quantitative estimate of drug-likeness (QED) is 0.873. The average Bonchev–Trinajstić information content (AvgIpc) is 2.26. The van der Waals surface area contributed by atoms with Crippen LogP contribution in [0.25, 0.3) is 0 Å². The van der Waals surface area contributed by atoms with Crippen molar-refractivity contribution in [3.05, 3.63) is 23.9 Å². The summed E-state index contributed by atoms with van der Waals surface area (Å²) < 4.78 is 5.88. The predicted molar refractivity (Wildman–Crippen MR) is 71.7 cm³/mol. The Morgan fingerprint density at radius 2 is 2.28 bits per heavy atom. The summed E-state index contributed by atoms with van der Waals surface area (Å²) in [5, 5.41) is 9.63. The normalized spacial score (nSPS) is 24.9. The lowest BCUT2D eigenvalue weighted by atomic mass is 10.1. The summed E-state index contributed by atoms with van der Waals surface area (Å²) in [5.41, 5.74) is 0.733. The molecule has 2 heterocycles. The predicted octanol–water partition coefficient (Wildman–Crippen LogP) is 2.14. The molecule has 1 aliphatic rings. The summed E-state index contributed by atoms with van der Waals surface area (Å²) in [5.74, 6) is 0.914. The van der Waals surface area contributed by atoms with Crippen LogP contribution in [-0.2, 0) is 4.74 Å². The van der Waals surface area contributed by atoms with Crippen LogP contribution in [0.5, 0.6) is 0 Å². The monoisotopic (exact) mass is 250 g/mol. The van der Waals surface area contributed by atoms with Gasteiger partial charge in [0.25, 0.3) is 0 Å². The van der Waals surface area contributed by atoms with E-state index in [0.29, 0.717) is 0 Å². The largest absolute Gasteiger partial charge is 0.389 e. The van der Waals surface area contributed by atoms with Crippen molar-refractivity contribution in [3.63, 3.8) is 0 Å². The van der Waals surface area contributed by atoms with Crippen LogP contribution >= 0.6 is 0 Å². The topological polar surface area (TPSA) is 45.6 Å². The molecule has 2 unspecified atom stereocenters. The SMILES string of the molecule is CC1CN(c2cc(C(C)O)ccn2)CC(C)(C)O1. The summed E-state index contributed by atoms with van der Waals surface area (Å²) >= 11 is 0. The first-order chi connectivity index (χ1) is 8.37. The zero-order valence-electron chi connectivity index (χ0n) is 11.6. The maximum Gasteiger partial charge on any atom is 0.129 e. The van der Waals surface area contributed by atoms with Crippen LogP contribution in [0, 0.1) is 0 Å². The van der Waals surface area contributed by atoms with E-state index >= 15 is 0 Å². The molecule has 0 radical (unpaired) electrons. The van der Waals surface area contributed by atoms with E-state index in [1.165, 1.54) is 0 Å². The molecule has 2 atom stereocenters. The second-order valence-corrected chi connectivity index (χ2v) is 5.69. The molecule has 0 bridgehead atoms. The fourth-order valence-electron chi connectivity index (χ4n) is 2.50. The number of hydrogen-bond donors (Lipinski definition) is 1. The molecule has 100 valence electrons. The Kier molecular flexibility index (Phi) is 3.59. The van der Waals surface area contributed by atoms with Gasteiger partial charge in [0.1, 0.15) is 5.82 Å². The number of ether oxygens (including phenoxy) is 1. The van der Waals surface area contributed by atoms with Gasteiger partial charge in [0.05, 0.1) is 17.8 Å². The molecule has 0 spiro atoms. The highest BCUT2D eigenvalue weighted by molar-refractivity contribution is 5.42. The van der Waals surface area contributed by atoms with E-state index in [4.69, 9.17) is 4.74 Å². The number of anilines is 1. The van der Waals surface area contributed by atoms with Crippen LogP contribution in [0.15, 0.2) is 18.3 Å². The lowest BCUT2D eigenvalue weighted by Crippen LogP contribution is -2.52. The first kappa shape index (κ1) is 13.3. The van der Waals surface area contributed by atoms with E-state index in [9.17, 15) is 5.11 Å². The van der Waals surface area contributed by atoms with Gasteiger partial charge in [-0.2, -0.15) is 0 Å². The first-order valence-electron chi connectivity index (χ1n) is 6.44. The molecule has 0 aliphatic carbocycles. The Labute approximate surface area is 109 Å². The van der Waals surface area contributed by atoms with E-state index < -0.39 is 6.10 Å². The minimum atomic E-state index is -0.460. The lowest BCUT2D eigenvalue weighted by Gasteiger charge is -2.42. The van der Waals surface area contributed by atoms with Gasteiger partial charge in [-0.15, -0.1) is 0 Å². The molecule has 1 aliphatic heterocycles. The van der Waals surface area contributed by atoms with Crippen molar-refractivity contribution in [1.82, 2.24) is 4.98 Å². The van der Waals surface area contributed by atoms with E-state index in [-0.39, 0.29) is 11.7 Å². The molecule has 0 aromatic carbocycles. The Hall–Kier alpha value is -1.13. The van der Waals surface area contributed by atoms with Crippen molar-refractivity contribution in [2.24, 2.45) is 0 Å². The van der Waals surface area contributed by atoms with Gasteiger partial charge in [0.2, 0.25) is 0 Å². The van der Waals surface area contributed by atoms with E-state index in [2.05, 4.69) is 30.7 Å². The summed E-state index contributed by atoms with van der Waals surface area (Å²) in [6.07, 6.45) is 1.48. The molecule has 0 amide bonds. The van der Waals surface area contributed by atoms with Crippen LogP contribution in [0.1, 0.15) is 39.4 Å². The molecule has 4 nitrogen and oxygen atoms in total. The van der Waals surface area contributed by atoms with Crippen molar-refractivity contribution < 1.29 is 9.84 Å². The Morgan fingerprint density at radius 3 is 2.89 bits per heavy atom. The third-order valence-electron chi connectivity index (χ3n) is 3.15. The summed E-state index contributed by atoms with van der Waals surface area (Å²) in [6, 6.07) is 3.81. The van der Waals surface area contributed by atoms with Crippen molar-refractivity contribution >= 4 is 5.82 Å². The molecular formula is C14H22N2O2. The summed E-state index contributed by atoms with van der Waals surface area (Å²) in [4.78, 5) is 6.63.